The first-order valence-electron chi connectivity index (χ1n) is 7.49. The van der Waals surface area contributed by atoms with Crippen LogP contribution in [0.15, 0.2) is 12.4 Å². The van der Waals surface area contributed by atoms with Gasteiger partial charge >= 0.3 is 0 Å². The highest BCUT2D eigenvalue weighted by atomic mass is 32.2. The Hall–Kier alpha value is -0.920. The van der Waals surface area contributed by atoms with Crippen LogP contribution in [0.1, 0.15) is 24.8 Å². The Bertz CT molecular complexity index is 594. The first-order valence-corrected chi connectivity index (χ1v) is 9.34. The number of nitrogens with zero attached hydrogens (tertiary/aromatic N) is 3. The third-order valence-corrected chi connectivity index (χ3v) is 5.61. The Kier molecular flexibility index (Phi) is 4.07. The van der Waals surface area contributed by atoms with Crippen molar-refractivity contribution in [3.8, 4) is 0 Å². The minimum Gasteiger partial charge on any atom is -0.376 e. The quantitative estimate of drug-likeness (QED) is 0.779. The van der Waals surface area contributed by atoms with E-state index in [0.717, 1.165) is 18.6 Å². The van der Waals surface area contributed by atoms with Crippen LogP contribution in [0.5, 0.6) is 0 Å². The molecule has 1 aromatic heterocycles. The number of sulfonamides is 1. The lowest BCUT2D eigenvalue weighted by molar-refractivity contribution is 0.0306. The van der Waals surface area contributed by atoms with Crippen LogP contribution in [0.2, 0.25) is 0 Å². The van der Waals surface area contributed by atoms with Gasteiger partial charge in [-0.1, -0.05) is 0 Å². The van der Waals surface area contributed by atoms with Crippen molar-refractivity contribution in [1.29, 1.82) is 0 Å². The Balaban J connectivity index is 1.73. The molecule has 0 aromatic carbocycles. The van der Waals surface area contributed by atoms with E-state index < -0.39 is 10.0 Å². The van der Waals surface area contributed by atoms with Gasteiger partial charge in [-0.05, 0) is 37.2 Å². The molecule has 2 heterocycles. The van der Waals surface area contributed by atoms with Crippen molar-refractivity contribution in [2.45, 2.75) is 37.8 Å². The van der Waals surface area contributed by atoms with E-state index >= 15 is 0 Å². The van der Waals surface area contributed by atoms with E-state index in [0.29, 0.717) is 18.9 Å². The summed E-state index contributed by atoms with van der Waals surface area (Å²) < 4.78 is 33.3. The second-order valence-electron chi connectivity index (χ2n) is 6.27. The topological polar surface area (TPSA) is 64.4 Å². The average molecular weight is 313 g/mol. The lowest BCUT2D eigenvalue weighted by Crippen LogP contribution is -2.41. The summed E-state index contributed by atoms with van der Waals surface area (Å²) in [5, 5.41) is 4.16. The summed E-state index contributed by atoms with van der Waals surface area (Å²) in [6, 6.07) is -0.108. The lowest BCUT2D eigenvalue weighted by Gasteiger charge is -2.26. The molecule has 1 aromatic rings. The molecule has 0 N–H and O–H groups in total. The van der Waals surface area contributed by atoms with Crippen molar-refractivity contribution in [2.24, 2.45) is 13.0 Å². The van der Waals surface area contributed by atoms with Crippen LogP contribution in [0, 0.1) is 5.92 Å². The third kappa shape index (κ3) is 3.64. The Morgan fingerprint density at radius 3 is 2.71 bits per heavy atom. The maximum atomic E-state index is 12.0. The van der Waals surface area contributed by atoms with E-state index in [1.807, 2.05) is 13.2 Å². The molecule has 118 valence electrons. The third-order valence-electron chi connectivity index (χ3n) is 4.31. The van der Waals surface area contributed by atoms with Crippen LogP contribution >= 0.6 is 0 Å². The van der Waals surface area contributed by atoms with Crippen LogP contribution in [0.3, 0.4) is 0 Å². The van der Waals surface area contributed by atoms with Gasteiger partial charge in [-0.15, -0.1) is 0 Å². The highest BCUT2D eigenvalue weighted by Crippen LogP contribution is 2.32. The normalized spacial score (nSPS) is 27.3. The molecule has 1 saturated carbocycles. The second-order valence-corrected chi connectivity index (χ2v) is 8.21. The fourth-order valence-corrected chi connectivity index (χ4v) is 4.14. The van der Waals surface area contributed by atoms with Gasteiger partial charge in [0.15, 0.2) is 0 Å². The summed E-state index contributed by atoms with van der Waals surface area (Å²) in [6.45, 7) is 1.32. The largest absolute Gasteiger partial charge is 0.376 e. The molecular weight excluding hydrogens is 290 g/mol. The molecule has 1 aliphatic heterocycles. The first kappa shape index (κ1) is 15.0. The molecule has 0 amide bonds. The van der Waals surface area contributed by atoms with E-state index in [-0.39, 0.29) is 12.1 Å². The lowest BCUT2D eigenvalue weighted by atomic mass is 10.1. The van der Waals surface area contributed by atoms with E-state index in [9.17, 15) is 8.42 Å². The van der Waals surface area contributed by atoms with Gasteiger partial charge in [0.1, 0.15) is 0 Å². The maximum absolute atomic E-state index is 12.0. The predicted molar refractivity (Wildman–Crippen MR) is 79.3 cm³/mol. The van der Waals surface area contributed by atoms with Gasteiger partial charge in [0.25, 0.3) is 0 Å². The number of rotatable bonds is 6. The molecule has 1 aliphatic carbocycles. The zero-order valence-corrected chi connectivity index (χ0v) is 13.4. The number of hydrogen-bond donors (Lipinski definition) is 0. The smallest absolute Gasteiger partial charge is 0.211 e. The van der Waals surface area contributed by atoms with Crippen molar-refractivity contribution in [2.75, 3.05) is 19.4 Å². The molecule has 2 fully saturated rings. The van der Waals surface area contributed by atoms with Gasteiger partial charge in [0, 0.05) is 26.4 Å². The van der Waals surface area contributed by atoms with Crippen LogP contribution in [0.4, 0.5) is 0 Å². The van der Waals surface area contributed by atoms with Crippen molar-refractivity contribution >= 4 is 10.0 Å². The van der Waals surface area contributed by atoms with Crippen molar-refractivity contribution in [1.82, 2.24) is 14.1 Å². The second kappa shape index (κ2) is 5.70. The summed E-state index contributed by atoms with van der Waals surface area (Å²) in [7, 11) is -1.33. The van der Waals surface area contributed by atoms with Gasteiger partial charge < -0.3 is 4.74 Å². The molecule has 0 radical (unpaired) electrons. The summed E-state index contributed by atoms with van der Waals surface area (Å²) >= 11 is 0. The Morgan fingerprint density at radius 2 is 2.14 bits per heavy atom. The molecular formula is C14H23N3O3S. The van der Waals surface area contributed by atoms with Crippen LogP contribution < -0.4 is 0 Å². The van der Waals surface area contributed by atoms with E-state index in [2.05, 4.69) is 5.10 Å². The van der Waals surface area contributed by atoms with Gasteiger partial charge in [-0.3, -0.25) is 4.68 Å². The molecule has 1 saturated heterocycles. The average Bonchev–Trinajstić information content (AvgIpc) is 3.00. The zero-order chi connectivity index (χ0) is 15.0. The van der Waals surface area contributed by atoms with Crippen LogP contribution in [0.25, 0.3) is 0 Å². The SMILES string of the molecule is Cn1cc(C[C@H]2[C@H](OCC3CC3)CCN2S(C)(=O)=O)cn1. The Morgan fingerprint density at radius 1 is 1.38 bits per heavy atom. The van der Waals surface area contributed by atoms with Gasteiger partial charge in [-0.2, -0.15) is 9.40 Å². The summed E-state index contributed by atoms with van der Waals surface area (Å²) in [5.74, 6) is 0.691. The molecule has 0 unspecified atom stereocenters. The Labute approximate surface area is 126 Å². The highest BCUT2D eigenvalue weighted by molar-refractivity contribution is 7.88. The zero-order valence-electron chi connectivity index (χ0n) is 12.6. The first-order chi connectivity index (χ1) is 9.93. The van der Waals surface area contributed by atoms with Crippen molar-refractivity contribution < 1.29 is 13.2 Å². The minimum atomic E-state index is -3.19. The number of aromatic nitrogens is 2. The van der Waals surface area contributed by atoms with Crippen LogP contribution in [-0.4, -0.2) is 54.1 Å². The maximum Gasteiger partial charge on any atom is 0.211 e. The molecule has 0 bridgehead atoms. The van der Waals surface area contributed by atoms with E-state index in [4.69, 9.17) is 4.74 Å². The standard InChI is InChI=1S/C14H23N3O3S/c1-16-9-12(8-15-16)7-13-14(20-10-11-3-4-11)5-6-17(13)21(2,18)19/h8-9,11,13-14H,3-7,10H2,1-2H3/t13-,14+/m0/s1. The van der Waals surface area contributed by atoms with E-state index in [1.165, 1.54) is 19.1 Å². The van der Waals surface area contributed by atoms with Gasteiger partial charge in [0.05, 0.1) is 24.6 Å². The summed E-state index contributed by atoms with van der Waals surface area (Å²) in [4.78, 5) is 0. The monoisotopic (exact) mass is 313 g/mol. The molecule has 0 spiro atoms. The molecule has 2 atom stereocenters. The number of aryl methyl sites for hydroxylation is 1. The van der Waals surface area contributed by atoms with E-state index in [1.54, 1.807) is 15.2 Å². The highest BCUT2D eigenvalue weighted by Gasteiger charge is 2.40. The molecule has 6 nitrogen and oxygen atoms in total. The fraction of sp³-hybridized carbons (Fsp3) is 0.786. The number of hydrogen-bond acceptors (Lipinski definition) is 4. The molecule has 2 aliphatic rings. The fourth-order valence-electron chi connectivity index (χ4n) is 3.00. The van der Waals surface area contributed by atoms with Crippen molar-refractivity contribution in [3.63, 3.8) is 0 Å². The van der Waals surface area contributed by atoms with Gasteiger partial charge in [-0.25, -0.2) is 8.42 Å². The van der Waals surface area contributed by atoms with Gasteiger partial charge in [0.2, 0.25) is 10.0 Å². The molecule has 21 heavy (non-hydrogen) atoms. The minimum absolute atomic E-state index is 0.000492. The van der Waals surface area contributed by atoms with Crippen LogP contribution in [-0.2, 0) is 28.2 Å². The summed E-state index contributed by atoms with van der Waals surface area (Å²) in [6.07, 6.45) is 8.97. The predicted octanol–water partition coefficient (Wildman–Crippen LogP) is 0.792. The number of ether oxygens (including phenoxy) is 1. The van der Waals surface area contributed by atoms with Crippen molar-refractivity contribution in [3.05, 3.63) is 18.0 Å². The molecule has 7 heteroatoms. The summed E-state index contributed by atoms with van der Waals surface area (Å²) in [5.41, 5.74) is 1.05. The molecule has 3 rings (SSSR count).